The third kappa shape index (κ3) is 4.56. The fourth-order valence-corrected chi connectivity index (χ4v) is 3.04. The maximum Gasteiger partial charge on any atom is 0.271 e. The summed E-state index contributed by atoms with van der Waals surface area (Å²) in [5.74, 6) is 0.448. The Hall–Kier alpha value is -1.36. The summed E-state index contributed by atoms with van der Waals surface area (Å²) in [6.45, 7) is 9.38. The van der Waals surface area contributed by atoms with Gasteiger partial charge >= 0.3 is 0 Å². The zero-order valence-electron chi connectivity index (χ0n) is 13.5. The Kier molecular flexibility index (Phi) is 5.79. The molecule has 1 aromatic heterocycles. The highest BCUT2D eigenvalue weighted by Crippen LogP contribution is 2.17. The molecular formula is C16H28N4O. The molecule has 2 heterocycles. The molecule has 1 amide bonds. The predicted octanol–water partition coefficient (Wildman–Crippen LogP) is 2.35. The molecule has 1 atom stereocenters. The van der Waals surface area contributed by atoms with Crippen LogP contribution in [0.1, 0.15) is 55.7 Å². The summed E-state index contributed by atoms with van der Waals surface area (Å²) >= 11 is 0. The summed E-state index contributed by atoms with van der Waals surface area (Å²) in [5.41, 5.74) is 1.39. The highest BCUT2D eigenvalue weighted by molar-refractivity contribution is 5.92. The van der Waals surface area contributed by atoms with Gasteiger partial charge in [-0.15, -0.1) is 0 Å². The zero-order chi connectivity index (χ0) is 15.2. The molecule has 1 saturated heterocycles. The molecule has 0 unspecified atom stereocenters. The summed E-state index contributed by atoms with van der Waals surface area (Å²) in [6.07, 6.45) is 5.21. The van der Waals surface area contributed by atoms with Crippen LogP contribution in [0, 0.1) is 12.8 Å². The van der Waals surface area contributed by atoms with E-state index in [2.05, 4.69) is 34.3 Å². The van der Waals surface area contributed by atoms with Crippen LogP contribution >= 0.6 is 0 Å². The lowest BCUT2D eigenvalue weighted by molar-refractivity contribution is 0.0912. The SMILES string of the molecule is Cc1cc(C(=O)NC[C@@H](C(C)C)N2CCCCCC2)n[nH]1. The van der Waals surface area contributed by atoms with Crippen molar-refractivity contribution in [1.29, 1.82) is 0 Å². The van der Waals surface area contributed by atoms with Gasteiger partial charge in [-0.25, -0.2) is 0 Å². The van der Waals surface area contributed by atoms with Crippen molar-refractivity contribution in [2.24, 2.45) is 5.92 Å². The first kappa shape index (κ1) is 16.0. The van der Waals surface area contributed by atoms with E-state index in [4.69, 9.17) is 0 Å². The van der Waals surface area contributed by atoms with Crippen molar-refractivity contribution in [3.05, 3.63) is 17.5 Å². The number of likely N-dealkylation sites (tertiary alicyclic amines) is 1. The van der Waals surface area contributed by atoms with E-state index in [1.54, 1.807) is 6.07 Å². The van der Waals surface area contributed by atoms with Crippen LogP contribution in [-0.2, 0) is 0 Å². The minimum absolute atomic E-state index is 0.0835. The third-order valence-corrected chi connectivity index (χ3v) is 4.29. The number of H-pyrrole nitrogens is 1. The van der Waals surface area contributed by atoms with E-state index >= 15 is 0 Å². The number of nitrogens with one attached hydrogen (secondary N) is 2. The molecule has 0 saturated carbocycles. The molecule has 1 aliphatic rings. The molecule has 21 heavy (non-hydrogen) atoms. The number of hydrogen-bond donors (Lipinski definition) is 2. The molecule has 1 aliphatic heterocycles. The topological polar surface area (TPSA) is 61.0 Å². The van der Waals surface area contributed by atoms with Gasteiger partial charge in [0.25, 0.3) is 5.91 Å². The van der Waals surface area contributed by atoms with E-state index in [1.807, 2.05) is 6.92 Å². The predicted molar refractivity (Wildman–Crippen MR) is 84.3 cm³/mol. The molecule has 5 heteroatoms. The van der Waals surface area contributed by atoms with Gasteiger partial charge in [-0.2, -0.15) is 5.10 Å². The van der Waals surface area contributed by atoms with E-state index in [0.717, 1.165) is 18.8 Å². The van der Waals surface area contributed by atoms with E-state index in [9.17, 15) is 4.79 Å². The maximum atomic E-state index is 12.1. The Balaban J connectivity index is 1.91. The highest BCUT2D eigenvalue weighted by atomic mass is 16.1. The van der Waals surface area contributed by atoms with Crippen molar-refractivity contribution in [3.63, 3.8) is 0 Å². The lowest BCUT2D eigenvalue weighted by atomic mass is 10.0. The van der Waals surface area contributed by atoms with Crippen LogP contribution in [0.4, 0.5) is 0 Å². The summed E-state index contributed by atoms with van der Waals surface area (Å²) < 4.78 is 0. The molecule has 118 valence electrons. The molecule has 0 bridgehead atoms. The number of carbonyl (C=O) groups excluding carboxylic acids is 1. The zero-order valence-corrected chi connectivity index (χ0v) is 13.5. The van der Waals surface area contributed by atoms with Crippen molar-refractivity contribution in [2.45, 2.75) is 52.5 Å². The van der Waals surface area contributed by atoms with E-state index in [-0.39, 0.29) is 5.91 Å². The van der Waals surface area contributed by atoms with Crippen molar-refractivity contribution in [3.8, 4) is 0 Å². The summed E-state index contributed by atoms with van der Waals surface area (Å²) in [4.78, 5) is 14.7. The van der Waals surface area contributed by atoms with Gasteiger partial charge in [0, 0.05) is 18.3 Å². The van der Waals surface area contributed by atoms with E-state index in [0.29, 0.717) is 24.2 Å². The summed E-state index contributed by atoms with van der Waals surface area (Å²) in [7, 11) is 0. The molecule has 1 fully saturated rings. The molecule has 5 nitrogen and oxygen atoms in total. The van der Waals surface area contributed by atoms with E-state index in [1.165, 1.54) is 25.7 Å². The number of rotatable bonds is 5. The van der Waals surface area contributed by atoms with Crippen molar-refractivity contribution < 1.29 is 4.79 Å². The van der Waals surface area contributed by atoms with Crippen LogP contribution in [0.25, 0.3) is 0 Å². The van der Waals surface area contributed by atoms with Gasteiger partial charge < -0.3 is 5.32 Å². The van der Waals surface area contributed by atoms with Crippen LogP contribution in [0.5, 0.6) is 0 Å². The average molecular weight is 292 g/mol. The van der Waals surface area contributed by atoms with Gasteiger partial charge in [0.05, 0.1) is 0 Å². The number of hydrogen-bond acceptors (Lipinski definition) is 3. The molecule has 0 spiro atoms. The average Bonchev–Trinajstić information content (AvgIpc) is 2.72. The molecule has 0 radical (unpaired) electrons. The smallest absolute Gasteiger partial charge is 0.271 e. The minimum Gasteiger partial charge on any atom is -0.349 e. The fraction of sp³-hybridized carbons (Fsp3) is 0.750. The van der Waals surface area contributed by atoms with Crippen molar-refractivity contribution in [1.82, 2.24) is 20.4 Å². The quantitative estimate of drug-likeness (QED) is 0.875. The first-order chi connectivity index (χ1) is 10.1. The first-order valence-electron chi connectivity index (χ1n) is 8.12. The molecular weight excluding hydrogens is 264 g/mol. The van der Waals surface area contributed by atoms with Crippen LogP contribution in [0.3, 0.4) is 0 Å². The normalized spacial score (nSPS) is 18.5. The van der Waals surface area contributed by atoms with Gasteiger partial charge in [-0.3, -0.25) is 14.8 Å². The largest absolute Gasteiger partial charge is 0.349 e. The summed E-state index contributed by atoms with van der Waals surface area (Å²) in [6, 6.07) is 2.19. The minimum atomic E-state index is -0.0835. The van der Waals surface area contributed by atoms with E-state index < -0.39 is 0 Å². The van der Waals surface area contributed by atoms with Crippen LogP contribution in [0.2, 0.25) is 0 Å². The maximum absolute atomic E-state index is 12.1. The molecule has 2 N–H and O–H groups in total. The molecule has 1 aromatic rings. The van der Waals surface area contributed by atoms with Crippen molar-refractivity contribution in [2.75, 3.05) is 19.6 Å². The monoisotopic (exact) mass is 292 g/mol. The van der Waals surface area contributed by atoms with Gasteiger partial charge in [-0.1, -0.05) is 26.7 Å². The second kappa shape index (κ2) is 7.59. The molecule has 0 aliphatic carbocycles. The standard InChI is InChI=1S/C16H28N4O/c1-12(2)15(20-8-6-4-5-7-9-20)11-17-16(21)14-10-13(3)18-19-14/h10,12,15H,4-9,11H2,1-3H3,(H,17,21)(H,18,19)/t15-/m0/s1. The Labute approximate surface area is 127 Å². The van der Waals surface area contributed by atoms with Crippen LogP contribution in [0.15, 0.2) is 6.07 Å². The van der Waals surface area contributed by atoms with Crippen molar-refractivity contribution >= 4 is 5.91 Å². The van der Waals surface area contributed by atoms with Crippen LogP contribution in [-0.4, -0.2) is 46.7 Å². The number of nitrogens with zero attached hydrogens (tertiary/aromatic N) is 2. The Bertz CT molecular complexity index is 447. The number of aryl methyl sites for hydroxylation is 1. The number of amides is 1. The fourth-order valence-electron chi connectivity index (χ4n) is 3.04. The second-order valence-corrected chi connectivity index (χ2v) is 6.41. The second-order valence-electron chi connectivity index (χ2n) is 6.41. The number of carbonyl (C=O) groups is 1. The highest BCUT2D eigenvalue weighted by Gasteiger charge is 2.23. The van der Waals surface area contributed by atoms with Gasteiger partial charge in [0.2, 0.25) is 0 Å². The van der Waals surface area contributed by atoms with Gasteiger partial charge in [0.1, 0.15) is 5.69 Å². The van der Waals surface area contributed by atoms with Gasteiger partial charge in [0.15, 0.2) is 0 Å². The van der Waals surface area contributed by atoms with Gasteiger partial charge in [-0.05, 0) is 44.8 Å². The summed E-state index contributed by atoms with van der Waals surface area (Å²) in [5, 5.41) is 9.87. The number of aromatic amines is 1. The number of aromatic nitrogens is 2. The Morgan fingerprint density at radius 1 is 1.33 bits per heavy atom. The first-order valence-corrected chi connectivity index (χ1v) is 8.12. The van der Waals surface area contributed by atoms with Crippen LogP contribution < -0.4 is 5.32 Å². The molecule has 0 aromatic carbocycles. The molecule has 2 rings (SSSR count). The Morgan fingerprint density at radius 2 is 2.00 bits per heavy atom. The Morgan fingerprint density at radius 3 is 2.52 bits per heavy atom. The third-order valence-electron chi connectivity index (χ3n) is 4.29. The lowest BCUT2D eigenvalue weighted by Gasteiger charge is -2.33. The lowest BCUT2D eigenvalue weighted by Crippen LogP contribution is -2.47.